The minimum absolute atomic E-state index is 0.0265. The monoisotopic (exact) mass is 169 g/mol. The minimum Gasteiger partial charge on any atom is -0.478 e. The molecule has 68 valence electrons. The summed E-state index contributed by atoms with van der Waals surface area (Å²) >= 11 is 0. The number of aliphatic carboxylic acids is 1. The lowest BCUT2D eigenvalue weighted by Crippen LogP contribution is -2.16. The van der Waals surface area contributed by atoms with E-state index in [1.807, 2.05) is 13.8 Å². The second kappa shape index (κ2) is 4.59. The van der Waals surface area contributed by atoms with Gasteiger partial charge in [0.2, 0.25) is 0 Å². The number of hydrogen-bond acceptors (Lipinski definition) is 2. The van der Waals surface area contributed by atoms with Gasteiger partial charge in [-0.25, -0.2) is 4.79 Å². The predicted octanol–water partition coefficient (Wildman–Crippen LogP) is 1.37. The third-order valence-electron chi connectivity index (χ3n) is 1.98. The molecule has 0 aliphatic heterocycles. The van der Waals surface area contributed by atoms with Crippen LogP contribution in [0.1, 0.15) is 13.8 Å². The first-order valence-electron chi connectivity index (χ1n) is 3.81. The van der Waals surface area contributed by atoms with Gasteiger partial charge in [-0.2, -0.15) is 0 Å². The van der Waals surface area contributed by atoms with E-state index in [9.17, 15) is 4.79 Å². The zero-order valence-corrected chi connectivity index (χ0v) is 7.45. The predicted molar refractivity (Wildman–Crippen MR) is 48.4 cm³/mol. The average Bonchev–Trinajstić information content (AvgIpc) is 2.00. The molecule has 3 heteroatoms. The zero-order valence-electron chi connectivity index (χ0n) is 7.45. The van der Waals surface area contributed by atoms with E-state index in [4.69, 9.17) is 10.8 Å². The van der Waals surface area contributed by atoms with E-state index in [0.29, 0.717) is 5.70 Å². The molecule has 0 radical (unpaired) electrons. The van der Waals surface area contributed by atoms with Crippen molar-refractivity contribution in [2.75, 3.05) is 0 Å². The largest absolute Gasteiger partial charge is 0.478 e. The van der Waals surface area contributed by atoms with Crippen LogP contribution < -0.4 is 5.73 Å². The molecule has 0 amide bonds. The Morgan fingerprint density at radius 3 is 2.42 bits per heavy atom. The number of rotatable bonds is 4. The maximum Gasteiger partial charge on any atom is 0.330 e. The zero-order chi connectivity index (χ0) is 9.72. The van der Waals surface area contributed by atoms with Crippen molar-refractivity contribution in [1.29, 1.82) is 0 Å². The quantitative estimate of drug-likeness (QED) is 0.493. The maximum atomic E-state index is 10.2. The lowest BCUT2D eigenvalue weighted by atomic mass is 9.93. The molecular weight excluding hydrogens is 154 g/mol. The first kappa shape index (κ1) is 10.8. The van der Waals surface area contributed by atoms with Crippen LogP contribution in [0.5, 0.6) is 0 Å². The summed E-state index contributed by atoms with van der Waals surface area (Å²) in [4.78, 5) is 10.2. The van der Waals surface area contributed by atoms with Gasteiger partial charge < -0.3 is 10.8 Å². The lowest BCUT2D eigenvalue weighted by Gasteiger charge is -2.15. The van der Waals surface area contributed by atoms with Crippen LogP contribution >= 0.6 is 0 Å². The molecule has 0 aromatic rings. The van der Waals surface area contributed by atoms with Crippen LogP contribution in [0.2, 0.25) is 0 Å². The van der Waals surface area contributed by atoms with Crippen molar-refractivity contribution in [2.24, 2.45) is 17.6 Å². The van der Waals surface area contributed by atoms with Gasteiger partial charge in [0.05, 0.1) is 0 Å². The van der Waals surface area contributed by atoms with Gasteiger partial charge in [-0.05, 0) is 5.92 Å². The summed E-state index contributed by atoms with van der Waals surface area (Å²) in [6.45, 7) is 7.43. The number of carboxylic acids is 1. The molecule has 0 rings (SSSR count). The molecular formula is C9H15NO2. The molecule has 2 atom stereocenters. The summed E-state index contributed by atoms with van der Waals surface area (Å²) in [6.07, 6.45) is 2.79. The van der Waals surface area contributed by atoms with Crippen LogP contribution in [-0.2, 0) is 4.79 Å². The number of hydrogen-bond donors (Lipinski definition) is 2. The molecule has 0 bridgehead atoms. The molecule has 0 fully saturated rings. The van der Waals surface area contributed by atoms with E-state index in [-0.39, 0.29) is 11.8 Å². The van der Waals surface area contributed by atoms with E-state index in [0.717, 1.165) is 6.08 Å². The average molecular weight is 169 g/mol. The van der Waals surface area contributed by atoms with Gasteiger partial charge in [-0.3, -0.25) is 0 Å². The minimum atomic E-state index is -1.00. The highest BCUT2D eigenvalue weighted by atomic mass is 16.4. The fraction of sp³-hybridized carbons (Fsp3) is 0.444. The summed E-state index contributed by atoms with van der Waals surface area (Å²) in [7, 11) is 0. The standard InChI is InChI=1S/C9H15NO2/c1-4-6(2)7(3)8(10)5-9(11)12/h4-7H,1,10H2,2-3H3,(H,11,12)/b8-5-/t6-,7-/m0/s1. The molecule has 3 N–H and O–H groups in total. The van der Waals surface area contributed by atoms with E-state index < -0.39 is 5.97 Å². The Bertz CT molecular complexity index is 209. The fourth-order valence-electron chi connectivity index (χ4n) is 0.782. The Balaban J connectivity index is 4.37. The van der Waals surface area contributed by atoms with E-state index in [2.05, 4.69) is 6.58 Å². The Hall–Kier alpha value is -1.25. The smallest absolute Gasteiger partial charge is 0.330 e. The highest BCUT2D eigenvalue weighted by Crippen LogP contribution is 2.16. The second-order valence-electron chi connectivity index (χ2n) is 2.87. The van der Waals surface area contributed by atoms with Crippen LogP contribution in [0.25, 0.3) is 0 Å². The van der Waals surface area contributed by atoms with E-state index in [1.165, 1.54) is 0 Å². The lowest BCUT2D eigenvalue weighted by molar-refractivity contribution is -0.131. The normalized spacial score (nSPS) is 16.7. The summed E-state index contributed by atoms with van der Waals surface area (Å²) < 4.78 is 0. The highest BCUT2D eigenvalue weighted by Gasteiger charge is 2.11. The van der Waals surface area contributed by atoms with Gasteiger partial charge >= 0.3 is 5.97 Å². The van der Waals surface area contributed by atoms with Crippen molar-refractivity contribution in [1.82, 2.24) is 0 Å². The summed E-state index contributed by atoms with van der Waals surface area (Å²) in [5.41, 5.74) is 5.91. The Morgan fingerprint density at radius 2 is 2.08 bits per heavy atom. The van der Waals surface area contributed by atoms with Crippen molar-refractivity contribution in [3.63, 3.8) is 0 Å². The molecule has 0 heterocycles. The Morgan fingerprint density at radius 1 is 1.58 bits per heavy atom. The summed E-state index contributed by atoms with van der Waals surface area (Å²) in [6, 6.07) is 0. The number of carbonyl (C=O) groups is 1. The molecule has 0 saturated carbocycles. The number of allylic oxidation sites excluding steroid dienone is 2. The first-order chi connectivity index (χ1) is 5.49. The first-order valence-corrected chi connectivity index (χ1v) is 3.81. The number of nitrogens with two attached hydrogens (primary N) is 1. The van der Waals surface area contributed by atoms with Crippen molar-refractivity contribution in [2.45, 2.75) is 13.8 Å². The van der Waals surface area contributed by atoms with Gasteiger partial charge in [0, 0.05) is 17.7 Å². The van der Waals surface area contributed by atoms with Gasteiger partial charge in [-0.1, -0.05) is 19.9 Å². The Kier molecular flexibility index (Phi) is 4.11. The van der Waals surface area contributed by atoms with Gasteiger partial charge in [0.1, 0.15) is 0 Å². The van der Waals surface area contributed by atoms with Crippen molar-refractivity contribution in [3.8, 4) is 0 Å². The summed E-state index contributed by atoms with van der Waals surface area (Å²) in [5, 5.41) is 8.41. The Labute approximate surface area is 72.6 Å². The maximum absolute atomic E-state index is 10.2. The SMILES string of the molecule is C=C[C@H](C)[C@H](C)/C(N)=C/C(=O)O. The molecule has 0 aromatic carbocycles. The van der Waals surface area contributed by atoms with Crippen molar-refractivity contribution >= 4 is 5.97 Å². The van der Waals surface area contributed by atoms with Crippen molar-refractivity contribution < 1.29 is 9.90 Å². The molecule has 0 aromatic heterocycles. The van der Waals surface area contributed by atoms with Gasteiger partial charge in [0.15, 0.2) is 0 Å². The molecule has 0 saturated heterocycles. The van der Waals surface area contributed by atoms with Crippen LogP contribution in [0.4, 0.5) is 0 Å². The summed E-state index contributed by atoms with van der Waals surface area (Å²) in [5.74, 6) is -0.783. The van der Waals surface area contributed by atoms with Crippen LogP contribution in [0, 0.1) is 11.8 Å². The van der Waals surface area contributed by atoms with Crippen molar-refractivity contribution in [3.05, 3.63) is 24.4 Å². The van der Waals surface area contributed by atoms with Crippen LogP contribution in [0.3, 0.4) is 0 Å². The third-order valence-corrected chi connectivity index (χ3v) is 1.98. The molecule has 0 spiro atoms. The third kappa shape index (κ3) is 3.23. The second-order valence-corrected chi connectivity index (χ2v) is 2.87. The molecule has 0 aliphatic carbocycles. The molecule has 12 heavy (non-hydrogen) atoms. The van der Waals surface area contributed by atoms with Crippen LogP contribution in [0.15, 0.2) is 24.4 Å². The topological polar surface area (TPSA) is 63.3 Å². The van der Waals surface area contributed by atoms with Crippen LogP contribution in [-0.4, -0.2) is 11.1 Å². The van der Waals surface area contributed by atoms with E-state index >= 15 is 0 Å². The molecule has 0 unspecified atom stereocenters. The van der Waals surface area contributed by atoms with E-state index in [1.54, 1.807) is 6.08 Å². The number of carboxylic acid groups (broad SMARTS) is 1. The molecule has 0 aliphatic rings. The highest BCUT2D eigenvalue weighted by molar-refractivity contribution is 5.80. The fourth-order valence-corrected chi connectivity index (χ4v) is 0.782. The van der Waals surface area contributed by atoms with Gasteiger partial charge in [-0.15, -0.1) is 6.58 Å². The molecule has 3 nitrogen and oxygen atoms in total. The van der Waals surface area contributed by atoms with Gasteiger partial charge in [0.25, 0.3) is 0 Å².